The Kier molecular flexibility index (Phi) is 11.6. The van der Waals surface area contributed by atoms with E-state index in [9.17, 15) is 9.90 Å². The van der Waals surface area contributed by atoms with Crippen LogP contribution in [0, 0.1) is 0 Å². The van der Waals surface area contributed by atoms with Gasteiger partial charge in [0.15, 0.2) is 0 Å². The molecule has 10 heteroatoms. The number of hydrogen-bond donors (Lipinski definition) is 1. The van der Waals surface area contributed by atoms with Crippen molar-refractivity contribution in [2.45, 2.75) is 46.1 Å². The fourth-order valence-electron chi connectivity index (χ4n) is 4.90. The Balaban J connectivity index is 1.26. The minimum absolute atomic E-state index is 0.109. The van der Waals surface area contributed by atoms with Gasteiger partial charge in [0.25, 0.3) is 0 Å². The van der Waals surface area contributed by atoms with Gasteiger partial charge in [-0.1, -0.05) is 68.8 Å². The maximum Gasteiger partial charge on any atom is 0.339 e. The molecule has 5 rings (SSSR count). The highest BCUT2D eigenvalue weighted by atomic mass is 79.9. The molecule has 0 unspecified atom stereocenters. The van der Waals surface area contributed by atoms with Gasteiger partial charge in [0, 0.05) is 18.1 Å². The van der Waals surface area contributed by atoms with Crippen molar-refractivity contribution in [1.29, 1.82) is 0 Å². The first-order valence-corrected chi connectivity index (χ1v) is 16.7. The van der Waals surface area contributed by atoms with Crippen molar-refractivity contribution in [2.24, 2.45) is 0 Å². The summed E-state index contributed by atoms with van der Waals surface area (Å²) in [7, 11) is 0. The van der Waals surface area contributed by atoms with E-state index in [1.165, 1.54) is 17.6 Å². The molecule has 238 valence electrons. The number of para-hydroxylation sites is 1. The normalized spacial score (nSPS) is 10.8. The second-order valence-corrected chi connectivity index (χ2v) is 11.9. The van der Waals surface area contributed by atoms with Crippen LogP contribution in [0.15, 0.2) is 89.7 Å². The molecule has 1 aromatic heterocycles. The van der Waals surface area contributed by atoms with Gasteiger partial charge in [0.1, 0.15) is 45.9 Å². The van der Waals surface area contributed by atoms with Crippen molar-refractivity contribution < 1.29 is 28.8 Å². The first-order valence-electron chi connectivity index (χ1n) is 15.2. The van der Waals surface area contributed by atoms with E-state index in [4.69, 9.17) is 18.9 Å². The summed E-state index contributed by atoms with van der Waals surface area (Å²) in [6.07, 6.45) is 3.02. The van der Waals surface area contributed by atoms with Crippen molar-refractivity contribution in [1.82, 2.24) is 9.36 Å². The lowest BCUT2D eigenvalue weighted by atomic mass is 10.1. The average Bonchev–Trinajstić information content (AvgIpc) is 3.51. The summed E-state index contributed by atoms with van der Waals surface area (Å²) in [6, 6.07) is 26.3. The summed E-state index contributed by atoms with van der Waals surface area (Å²) in [5.41, 5.74) is 4.00. The van der Waals surface area contributed by atoms with E-state index in [-0.39, 0.29) is 5.56 Å². The molecular formula is C36H35BrN2O6S. The van der Waals surface area contributed by atoms with Gasteiger partial charge in [0.05, 0.1) is 18.8 Å². The van der Waals surface area contributed by atoms with Crippen LogP contribution in [0.4, 0.5) is 0 Å². The van der Waals surface area contributed by atoms with Gasteiger partial charge in [-0.05, 0) is 81.8 Å². The van der Waals surface area contributed by atoms with E-state index in [2.05, 4.69) is 45.2 Å². The zero-order chi connectivity index (χ0) is 32.3. The molecule has 0 aliphatic heterocycles. The lowest BCUT2D eigenvalue weighted by molar-refractivity contribution is 0.0694. The molecule has 46 heavy (non-hydrogen) atoms. The standard InChI is InChI=1S/C36H35BrN2O6S/c1-3-12-26-29(17-10-18-30(26)45-31-16-9-8-15-27(31)35(40)41)42-19-11-20-43-32-22-33(44-23-24-13-6-5-7-14-24)28(21-25(32)4-2)34-38-36(37)39-46-34/h5-10,13-18,21-22H,3-4,11-12,19-20,23H2,1-2H3,(H,40,41). The average molecular weight is 704 g/mol. The predicted molar refractivity (Wildman–Crippen MR) is 183 cm³/mol. The lowest BCUT2D eigenvalue weighted by Gasteiger charge is -2.18. The summed E-state index contributed by atoms with van der Waals surface area (Å²) in [4.78, 5) is 16.2. The van der Waals surface area contributed by atoms with Crippen LogP contribution in [0.25, 0.3) is 10.6 Å². The van der Waals surface area contributed by atoms with E-state index in [0.29, 0.717) is 54.0 Å². The third kappa shape index (κ3) is 8.44. The third-order valence-electron chi connectivity index (χ3n) is 7.14. The van der Waals surface area contributed by atoms with Crippen LogP contribution in [0.5, 0.6) is 28.7 Å². The lowest BCUT2D eigenvalue weighted by Crippen LogP contribution is -2.08. The Morgan fingerprint density at radius 2 is 1.54 bits per heavy atom. The van der Waals surface area contributed by atoms with Crippen LogP contribution in [0.1, 0.15) is 53.7 Å². The molecule has 4 aromatic carbocycles. The fourth-order valence-corrected chi connectivity index (χ4v) is 6.00. The minimum Gasteiger partial charge on any atom is -0.493 e. The molecular weight excluding hydrogens is 668 g/mol. The van der Waals surface area contributed by atoms with Gasteiger partial charge in [-0.3, -0.25) is 0 Å². The topological polar surface area (TPSA) is 100 Å². The Morgan fingerprint density at radius 3 is 2.26 bits per heavy atom. The number of carboxylic acids is 1. The third-order valence-corrected chi connectivity index (χ3v) is 8.48. The summed E-state index contributed by atoms with van der Waals surface area (Å²) in [5.74, 6) is 2.00. The molecule has 8 nitrogen and oxygen atoms in total. The summed E-state index contributed by atoms with van der Waals surface area (Å²) in [6.45, 7) is 5.46. The zero-order valence-electron chi connectivity index (χ0n) is 25.7. The van der Waals surface area contributed by atoms with E-state index in [0.717, 1.165) is 52.3 Å². The Hall–Kier alpha value is -4.41. The van der Waals surface area contributed by atoms with Crippen LogP contribution in [-0.2, 0) is 19.4 Å². The molecule has 0 saturated carbocycles. The van der Waals surface area contributed by atoms with Crippen LogP contribution in [0.2, 0.25) is 0 Å². The minimum atomic E-state index is -1.04. The van der Waals surface area contributed by atoms with E-state index >= 15 is 0 Å². The molecule has 0 amide bonds. The number of aryl methyl sites for hydroxylation is 1. The highest BCUT2D eigenvalue weighted by molar-refractivity contribution is 9.10. The van der Waals surface area contributed by atoms with Crippen LogP contribution in [-0.4, -0.2) is 33.6 Å². The van der Waals surface area contributed by atoms with Crippen molar-refractivity contribution >= 4 is 33.4 Å². The molecule has 0 spiro atoms. The van der Waals surface area contributed by atoms with Gasteiger partial charge in [-0.25, -0.2) is 9.78 Å². The Bertz CT molecular complexity index is 1760. The molecule has 1 heterocycles. The molecule has 0 bridgehead atoms. The molecule has 0 atom stereocenters. The number of hydrogen-bond acceptors (Lipinski definition) is 8. The van der Waals surface area contributed by atoms with Crippen molar-refractivity contribution in [3.8, 4) is 39.3 Å². The monoisotopic (exact) mass is 702 g/mol. The Morgan fingerprint density at radius 1 is 0.826 bits per heavy atom. The second kappa shape index (κ2) is 16.2. The number of carbonyl (C=O) groups is 1. The number of aromatic nitrogens is 2. The van der Waals surface area contributed by atoms with Crippen molar-refractivity contribution in [2.75, 3.05) is 13.2 Å². The summed E-state index contributed by atoms with van der Waals surface area (Å²) < 4.78 is 29.7. The van der Waals surface area contributed by atoms with Crippen LogP contribution in [0.3, 0.4) is 0 Å². The highest BCUT2D eigenvalue weighted by Crippen LogP contribution is 2.39. The smallest absolute Gasteiger partial charge is 0.339 e. The number of ether oxygens (including phenoxy) is 4. The molecule has 0 aliphatic carbocycles. The fraction of sp³-hybridized carbons (Fsp3) is 0.250. The van der Waals surface area contributed by atoms with Crippen molar-refractivity contribution in [3.05, 3.63) is 112 Å². The first-order chi connectivity index (χ1) is 22.5. The largest absolute Gasteiger partial charge is 0.493 e. The zero-order valence-corrected chi connectivity index (χ0v) is 28.1. The molecule has 0 saturated heterocycles. The summed E-state index contributed by atoms with van der Waals surface area (Å²) in [5, 5.41) is 10.3. The molecule has 5 aromatic rings. The number of rotatable bonds is 16. The molecule has 1 N–H and O–H groups in total. The SMILES string of the molecule is CCCc1c(OCCCOc2cc(OCc3ccccc3)c(-c3nc(Br)ns3)cc2CC)cccc1Oc1ccccc1C(=O)O. The number of aromatic carboxylic acids is 1. The predicted octanol–water partition coefficient (Wildman–Crippen LogP) is 9.40. The first kappa shape index (κ1) is 33.0. The van der Waals surface area contributed by atoms with Gasteiger partial charge in [-0.15, -0.1) is 0 Å². The van der Waals surface area contributed by atoms with E-state index in [1.54, 1.807) is 18.2 Å². The highest BCUT2D eigenvalue weighted by Gasteiger charge is 2.18. The summed E-state index contributed by atoms with van der Waals surface area (Å²) >= 11 is 4.68. The molecule has 0 radical (unpaired) electrons. The Labute approximate surface area is 281 Å². The van der Waals surface area contributed by atoms with Crippen molar-refractivity contribution in [3.63, 3.8) is 0 Å². The maximum atomic E-state index is 11.7. The van der Waals surface area contributed by atoms with Gasteiger partial charge >= 0.3 is 5.97 Å². The number of halogens is 1. The quantitative estimate of drug-likeness (QED) is 0.102. The van der Waals surface area contributed by atoms with Gasteiger partial charge in [-0.2, -0.15) is 4.37 Å². The van der Waals surface area contributed by atoms with Crippen LogP contribution < -0.4 is 18.9 Å². The maximum absolute atomic E-state index is 11.7. The van der Waals surface area contributed by atoms with Gasteiger partial charge < -0.3 is 24.1 Å². The van der Waals surface area contributed by atoms with E-state index in [1.807, 2.05) is 54.6 Å². The van der Waals surface area contributed by atoms with Crippen LogP contribution >= 0.6 is 27.5 Å². The van der Waals surface area contributed by atoms with Gasteiger partial charge in [0.2, 0.25) is 4.73 Å². The number of carboxylic acid groups (broad SMARTS) is 1. The number of nitrogens with zero attached hydrogens (tertiary/aromatic N) is 2. The molecule has 0 fully saturated rings. The number of benzene rings is 4. The second-order valence-electron chi connectivity index (χ2n) is 10.4. The molecule has 0 aliphatic rings. The van der Waals surface area contributed by atoms with E-state index < -0.39 is 5.97 Å².